The summed E-state index contributed by atoms with van der Waals surface area (Å²) < 4.78 is 0.866. The summed E-state index contributed by atoms with van der Waals surface area (Å²) in [5.41, 5.74) is 3.36. The highest BCUT2D eigenvalue weighted by Gasteiger charge is 2.40. The smallest absolute Gasteiger partial charge is 0.256 e. The molecule has 2 aromatic carbocycles. The Hall–Kier alpha value is -2.14. The number of aryl methyl sites for hydroxylation is 2. The third kappa shape index (κ3) is 2.88. The number of hydrogen-bond acceptors (Lipinski definition) is 3. The Morgan fingerprint density at radius 3 is 2.35 bits per heavy atom. The maximum atomic E-state index is 12.8. The van der Waals surface area contributed by atoms with Crippen LogP contribution >= 0.6 is 15.9 Å². The minimum atomic E-state index is -0.541. The van der Waals surface area contributed by atoms with Gasteiger partial charge < -0.3 is 5.32 Å². The van der Waals surface area contributed by atoms with E-state index in [2.05, 4.69) is 21.2 Å². The van der Waals surface area contributed by atoms with Crippen LogP contribution in [-0.4, -0.2) is 17.9 Å². The molecule has 3 rings (SSSR count). The van der Waals surface area contributed by atoms with E-state index in [9.17, 15) is 9.59 Å². The van der Waals surface area contributed by atoms with E-state index in [1.807, 2.05) is 56.3 Å². The fraction of sp³-hybridized carbons (Fsp3) is 0.222. The van der Waals surface area contributed by atoms with Crippen molar-refractivity contribution in [2.75, 3.05) is 10.2 Å². The Bertz CT molecular complexity index is 768. The molecular formula is C18H17BrN2O2. The molecule has 1 aliphatic rings. The van der Waals surface area contributed by atoms with Crippen molar-refractivity contribution in [1.82, 2.24) is 0 Å². The number of hydrogen-bond donors (Lipinski definition) is 1. The molecule has 0 aliphatic carbocycles. The summed E-state index contributed by atoms with van der Waals surface area (Å²) in [6, 6.07) is 12.8. The Kier molecular flexibility index (Phi) is 4.22. The molecule has 4 nitrogen and oxygen atoms in total. The van der Waals surface area contributed by atoms with Crippen LogP contribution in [0.1, 0.15) is 17.5 Å². The van der Waals surface area contributed by atoms with Gasteiger partial charge in [0.15, 0.2) is 0 Å². The van der Waals surface area contributed by atoms with Crippen molar-refractivity contribution in [3.63, 3.8) is 0 Å². The van der Waals surface area contributed by atoms with Gasteiger partial charge in [-0.05, 0) is 53.0 Å². The number of benzene rings is 2. The second-order valence-corrected chi connectivity index (χ2v) is 6.54. The fourth-order valence-electron chi connectivity index (χ4n) is 2.90. The molecular weight excluding hydrogens is 356 g/mol. The highest BCUT2D eigenvalue weighted by atomic mass is 79.9. The predicted octanol–water partition coefficient (Wildman–Crippen LogP) is 3.81. The van der Waals surface area contributed by atoms with E-state index in [-0.39, 0.29) is 18.2 Å². The van der Waals surface area contributed by atoms with Crippen molar-refractivity contribution in [2.24, 2.45) is 0 Å². The van der Waals surface area contributed by atoms with E-state index in [4.69, 9.17) is 0 Å². The summed E-state index contributed by atoms with van der Waals surface area (Å²) in [5, 5.41) is 3.17. The molecule has 5 heteroatoms. The van der Waals surface area contributed by atoms with E-state index in [0.29, 0.717) is 5.69 Å². The van der Waals surface area contributed by atoms with E-state index < -0.39 is 6.04 Å². The standard InChI is InChI=1S/C18H17BrN2O2/c1-11-6-5-7-12(2)17(11)21-16(22)10-15(18(21)23)20-14-9-4-3-8-13(14)19/h3-9,15,20H,10H2,1-2H3/t15-/m1/s1. The maximum Gasteiger partial charge on any atom is 0.256 e. The molecule has 0 spiro atoms. The molecule has 0 aromatic heterocycles. The molecule has 0 radical (unpaired) electrons. The Labute approximate surface area is 143 Å². The van der Waals surface area contributed by atoms with Gasteiger partial charge in [-0.2, -0.15) is 0 Å². The average molecular weight is 373 g/mol. The van der Waals surface area contributed by atoms with Gasteiger partial charge in [-0.1, -0.05) is 30.3 Å². The first kappa shape index (κ1) is 15.7. The highest BCUT2D eigenvalue weighted by Crippen LogP contribution is 2.31. The zero-order valence-electron chi connectivity index (χ0n) is 13.0. The number of carbonyl (C=O) groups excluding carboxylic acids is 2. The van der Waals surface area contributed by atoms with Crippen LogP contribution in [0.25, 0.3) is 0 Å². The SMILES string of the molecule is Cc1cccc(C)c1N1C(=O)C[C@@H](Nc2ccccc2Br)C1=O. The molecule has 0 unspecified atom stereocenters. The molecule has 23 heavy (non-hydrogen) atoms. The number of halogens is 1. The second kappa shape index (κ2) is 6.16. The normalized spacial score (nSPS) is 17.7. The van der Waals surface area contributed by atoms with Gasteiger partial charge in [0.05, 0.1) is 12.1 Å². The molecule has 0 bridgehead atoms. The van der Waals surface area contributed by atoms with Crippen LogP contribution in [0.3, 0.4) is 0 Å². The highest BCUT2D eigenvalue weighted by molar-refractivity contribution is 9.10. The quantitative estimate of drug-likeness (QED) is 0.833. The number of rotatable bonds is 3. The fourth-order valence-corrected chi connectivity index (χ4v) is 3.30. The summed E-state index contributed by atoms with van der Waals surface area (Å²) in [5.74, 6) is -0.375. The maximum absolute atomic E-state index is 12.8. The molecule has 118 valence electrons. The van der Waals surface area contributed by atoms with Crippen molar-refractivity contribution in [3.8, 4) is 0 Å². The van der Waals surface area contributed by atoms with Crippen LogP contribution in [0.15, 0.2) is 46.9 Å². The number of imide groups is 1. The second-order valence-electron chi connectivity index (χ2n) is 5.69. The summed E-state index contributed by atoms with van der Waals surface area (Å²) in [4.78, 5) is 26.5. The van der Waals surface area contributed by atoms with Crippen molar-refractivity contribution in [3.05, 3.63) is 58.1 Å². The zero-order valence-corrected chi connectivity index (χ0v) is 14.6. The Balaban J connectivity index is 1.90. The van der Waals surface area contributed by atoms with Crippen molar-refractivity contribution < 1.29 is 9.59 Å². The van der Waals surface area contributed by atoms with E-state index in [0.717, 1.165) is 21.3 Å². The zero-order chi connectivity index (χ0) is 16.6. The Morgan fingerprint density at radius 1 is 1.04 bits per heavy atom. The molecule has 1 N–H and O–H groups in total. The summed E-state index contributed by atoms with van der Waals surface area (Å²) in [7, 11) is 0. The first-order chi connectivity index (χ1) is 11.0. The van der Waals surface area contributed by atoms with Gasteiger partial charge in [0, 0.05) is 10.2 Å². The van der Waals surface area contributed by atoms with Crippen LogP contribution in [0.2, 0.25) is 0 Å². The molecule has 2 aromatic rings. The first-order valence-corrected chi connectivity index (χ1v) is 8.22. The lowest BCUT2D eigenvalue weighted by molar-refractivity contribution is -0.121. The van der Waals surface area contributed by atoms with Crippen molar-refractivity contribution >= 4 is 39.1 Å². The van der Waals surface area contributed by atoms with Gasteiger partial charge in [0.2, 0.25) is 5.91 Å². The van der Waals surface area contributed by atoms with E-state index >= 15 is 0 Å². The molecule has 1 fully saturated rings. The lowest BCUT2D eigenvalue weighted by Crippen LogP contribution is -2.35. The van der Waals surface area contributed by atoms with E-state index in [1.54, 1.807) is 0 Å². The van der Waals surface area contributed by atoms with Gasteiger partial charge in [0.25, 0.3) is 5.91 Å². The Morgan fingerprint density at radius 2 is 1.70 bits per heavy atom. The van der Waals surface area contributed by atoms with Crippen LogP contribution in [0.4, 0.5) is 11.4 Å². The summed E-state index contributed by atoms with van der Waals surface area (Å²) in [6.45, 7) is 3.83. The lowest BCUT2D eigenvalue weighted by Gasteiger charge is -2.20. The van der Waals surface area contributed by atoms with Crippen LogP contribution in [0, 0.1) is 13.8 Å². The third-order valence-electron chi connectivity index (χ3n) is 4.01. The van der Waals surface area contributed by atoms with Crippen molar-refractivity contribution in [2.45, 2.75) is 26.3 Å². The lowest BCUT2D eigenvalue weighted by atomic mass is 10.1. The largest absolute Gasteiger partial charge is 0.372 e. The number of nitrogens with zero attached hydrogens (tertiary/aromatic N) is 1. The minimum absolute atomic E-state index is 0.161. The molecule has 1 saturated heterocycles. The number of amides is 2. The monoisotopic (exact) mass is 372 g/mol. The minimum Gasteiger partial charge on any atom is -0.372 e. The van der Waals surface area contributed by atoms with Crippen LogP contribution in [-0.2, 0) is 9.59 Å². The van der Waals surface area contributed by atoms with E-state index in [1.165, 1.54) is 4.90 Å². The molecule has 1 aliphatic heterocycles. The van der Waals surface area contributed by atoms with Crippen LogP contribution in [0.5, 0.6) is 0 Å². The summed E-state index contributed by atoms with van der Waals surface area (Å²) >= 11 is 3.45. The van der Waals surface area contributed by atoms with Crippen molar-refractivity contribution in [1.29, 1.82) is 0 Å². The van der Waals surface area contributed by atoms with Crippen LogP contribution < -0.4 is 10.2 Å². The summed E-state index contributed by atoms with van der Waals surface area (Å²) in [6.07, 6.45) is 0.161. The molecule has 1 atom stereocenters. The van der Waals surface area contributed by atoms with Gasteiger partial charge in [-0.15, -0.1) is 0 Å². The average Bonchev–Trinajstić information content (AvgIpc) is 2.77. The molecule has 0 saturated carbocycles. The molecule has 2 amide bonds. The number of carbonyl (C=O) groups is 2. The topological polar surface area (TPSA) is 49.4 Å². The van der Waals surface area contributed by atoms with Gasteiger partial charge in [0.1, 0.15) is 6.04 Å². The van der Waals surface area contributed by atoms with Gasteiger partial charge >= 0.3 is 0 Å². The number of nitrogens with one attached hydrogen (secondary N) is 1. The third-order valence-corrected chi connectivity index (χ3v) is 4.70. The van der Waals surface area contributed by atoms with Gasteiger partial charge in [-0.3, -0.25) is 9.59 Å². The molecule has 1 heterocycles. The predicted molar refractivity (Wildman–Crippen MR) is 94.6 cm³/mol. The first-order valence-electron chi connectivity index (χ1n) is 7.43. The van der Waals surface area contributed by atoms with Gasteiger partial charge in [-0.25, -0.2) is 4.90 Å². The number of anilines is 2. The number of para-hydroxylation sites is 2.